The Labute approximate surface area is 149 Å². The smallest absolute Gasteiger partial charge is 0.229 e. The van der Waals surface area contributed by atoms with Gasteiger partial charge in [0.2, 0.25) is 10.0 Å². The van der Waals surface area contributed by atoms with Crippen LogP contribution in [-0.4, -0.2) is 23.1 Å². The standard InChI is InChI=1S/C18H21NO4S2/c1-15-6-8-16(9-7-15)10-11-25(22,23)19-13-17-4-3-5-18(12-17)14-24(2,20)21/h3-12,19H,13-14H2,1-2H3/b11-10+. The van der Waals surface area contributed by atoms with Crippen LogP contribution in [0.25, 0.3) is 6.08 Å². The van der Waals surface area contributed by atoms with Gasteiger partial charge in [-0.3, -0.25) is 0 Å². The van der Waals surface area contributed by atoms with E-state index in [4.69, 9.17) is 0 Å². The third kappa shape index (κ3) is 7.21. The van der Waals surface area contributed by atoms with Crippen molar-refractivity contribution in [3.63, 3.8) is 0 Å². The maximum absolute atomic E-state index is 12.1. The number of hydrogen-bond acceptors (Lipinski definition) is 4. The van der Waals surface area contributed by atoms with Crippen LogP contribution in [0.2, 0.25) is 0 Å². The highest BCUT2D eigenvalue weighted by atomic mass is 32.2. The quantitative estimate of drug-likeness (QED) is 0.802. The van der Waals surface area contributed by atoms with Crippen molar-refractivity contribution < 1.29 is 16.8 Å². The van der Waals surface area contributed by atoms with E-state index in [0.29, 0.717) is 11.1 Å². The molecular weight excluding hydrogens is 358 g/mol. The van der Waals surface area contributed by atoms with E-state index in [1.807, 2.05) is 31.2 Å². The van der Waals surface area contributed by atoms with Crippen LogP contribution in [0.1, 0.15) is 22.3 Å². The molecular formula is C18H21NO4S2. The van der Waals surface area contributed by atoms with Gasteiger partial charge in [0.05, 0.1) is 5.75 Å². The van der Waals surface area contributed by atoms with Gasteiger partial charge in [0.25, 0.3) is 0 Å². The van der Waals surface area contributed by atoms with Crippen molar-refractivity contribution in [2.75, 3.05) is 6.26 Å². The lowest BCUT2D eigenvalue weighted by atomic mass is 10.1. The fraction of sp³-hybridized carbons (Fsp3) is 0.222. The summed E-state index contributed by atoms with van der Waals surface area (Å²) in [6.45, 7) is 2.06. The first-order valence-corrected chi connectivity index (χ1v) is 11.2. The second-order valence-electron chi connectivity index (χ2n) is 5.97. The number of sulfonamides is 1. The molecule has 0 aliphatic heterocycles. The van der Waals surface area contributed by atoms with Crippen molar-refractivity contribution in [1.82, 2.24) is 4.72 Å². The summed E-state index contributed by atoms with van der Waals surface area (Å²) >= 11 is 0. The van der Waals surface area contributed by atoms with Gasteiger partial charge in [-0.25, -0.2) is 21.6 Å². The molecule has 0 spiro atoms. The van der Waals surface area contributed by atoms with Crippen molar-refractivity contribution >= 4 is 25.9 Å². The Hall–Kier alpha value is -1.96. The van der Waals surface area contributed by atoms with Gasteiger partial charge in [0, 0.05) is 18.2 Å². The highest BCUT2D eigenvalue weighted by Gasteiger charge is 2.08. The van der Waals surface area contributed by atoms with E-state index in [1.54, 1.807) is 24.3 Å². The van der Waals surface area contributed by atoms with Gasteiger partial charge in [-0.15, -0.1) is 0 Å². The topological polar surface area (TPSA) is 80.3 Å². The lowest BCUT2D eigenvalue weighted by molar-refractivity contribution is 0.590. The SMILES string of the molecule is Cc1ccc(/C=C/S(=O)(=O)NCc2cccc(CS(C)(=O)=O)c2)cc1. The molecule has 2 rings (SSSR count). The largest absolute Gasteiger partial charge is 0.234 e. The number of benzene rings is 2. The Morgan fingerprint density at radius 1 is 0.960 bits per heavy atom. The van der Waals surface area contributed by atoms with Crippen LogP contribution in [0.3, 0.4) is 0 Å². The summed E-state index contributed by atoms with van der Waals surface area (Å²) in [5.41, 5.74) is 3.24. The molecule has 0 heterocycles. The fourth-order valence-corrected chi connectivity index (χ4v) is 3.80. The van der Waals surface area contributed by atoms with Crippen molar-refractivity contribution in [3.8, 4) is 0 Å². The van der Waals surface area contributed by atoms with E-state index < -0.39 is 19.9 Å². The van der Waals surface area contributed by atoms with Gasteiger partial charge >= 0.3 is 0 Å². The van der Waals surface area contributed by atoms with Gasteiger partial charge in [-0.1, -0.05) is 54.1 Å². The number of hydrogen-bond donors (Lipinski definition) is 1. The third-order valence-electron chi connectivity index (χ3n) is 3.41. The van der Waals surface area contributed by atoms with Crippen LogP contribution in [0.4, 0.5) is 0 Å². The van der Waals surface area contributed by atoms with Crippen molar-refractivity contribution in [1.29, 1.82) is 0 Å². The lowest BCUT2D eigenvalue weighted by Crippen LogP contribution is -2.20. The van der Waals surface area contributed by atoms with Crippen LogP contribution < -0.4 is 4.72 Å². The van der Waals surface area contributed by atoms with Crippen LogP contribution in [0, 0.1) is 6.92 Å². The number of nitrogens with one attached hydrogen (secondary N) is 1. The van der Waals surface area contributed by atoms with E-state index in [-0.39, 0.29) is 12.3 Å². The molecule has 0 fully saturated rings. The van der Waals surface area contributed by atoms with Gasteiger partial charge in [0.15, 0.2) is 9.84 Å². The average Bonchev–Trinajstić information content (AvgIpc) is 2.51. The van der Waals surface area contributed by atoms with E-state index in [2.05, 4.69) is 4.72 Å². The normalized spacial score (nSPS) is 12.6. The molecule has 0 amide bonds. The minimum Gasteiger partial charge on any atom is -0.229 e. The molecule has 0 saturated heterocycles. The number of rotatable bonds is 7. The first-order valence-electron chi connectivity index (χ1n) is 7.63. The molecule has 0 radical (unpaired) electrons. The van der Waals surface area contributed by atoms with Crippen LogP contribution in [0.5, 0.6) is 0 Å². The van der Waals surface area contributed by atoms with Crippen molar-refractivity contribution in [2.45, 2.75) is 19.2 Å². The molecule has 5 nitrogen and oxygen atoms in total. The zero-order chi connectivity index (χ0) is 18.5. The lowest BCUT2D eigenvalue weighted by Gasteiger charge is -2.06. The Balaban J connectivity index is 2.02. The zero-order valence-electron chi connectivity index (χ0n) is 14.1. The molecule has 0 saturated carbocycles. The van der Waals surface area contributed by atoms with E-state index in [0.717, 1.165) is 22.8 Å². The summed E-state index contributed by atoms with van der Waals surface area (Å²) in [5, 5.41) is 1.12. The monoisotopic (exact) mass is 379 g/mol. The third-order valence-corrected chi connectivity index (χ3v) is 5.31. The predicted molar refractivity (Wildman–Crippen MR) is 101 cm³/mol. The first kappa shape index (κ1) is 19.4. The summed E-state index contributed by atoms with van der Waals surface area (Å²) in [6, 6.07) is 14.4. The van der Waals surface area contributed by atoms with Gasteiger partial charge in [0.1, 0.15) is 0 Å². The summed E-state index contributed by atoms with van der Waals surface area (Å²) in [4.78, 5) is 0. The highest BCUT2D eigenvalue weighted by molar-refractivity contribution is 7.92. The molecule has 0 aliphatic carbocycles. The van der Waals surface area contributed by atoms with Gasteiger partial charge in [-0.05, 0) is 29.7 Å². The molecule has 7 heteroatoms. The van der Waals surface area contributed by atoms with Crippen LogP contribution in [0.15, 0.2) is 53.9 Å². The Morgan fingerprint density at radius 2 is 1.60 bits per heavy atom. The van der Waals surface area contributed by atoms with Crippen LogP contribution >= 0.6 is 0 Å². The van der Waals surface area contributed by atoms with E-state index in [1.165, 1.54) is 6.08 Å². The summed E-state index contributed by atoms with van der Waals surface area (Å²) in [5.74, 6) is -0.0685. The molecule has 0 atom stereocenters. The summed E-state index contributed by atoms with van der Waals surface area (Å²) < 4.78 is 49.3. The fourth-order valence-electron chi connectivity index (χ4n) is 2.21. The highest BCUT2D eigenvalue weighted by Crippen LogP contribution is 2.10. The van der Waals surface area contributed by atoms with E-state index >= 15 is 0 Å². The molecule has 0 aliphatic rings. The van der Waals surface area contributed by atoms with Gasteiger partial charge < -0.3 is 0 Å². The molecule has 2 aromatic rings. The van der Waals surface area contributed by atoms with Crippen molar-refractivity contribution in [3.05, 3.63) is 76.2 Å². The molecule has 1 N–H and O–H groups in total. The number of sulfone groups is 1. The Bertz CT molecular complexity index is 960. The maximum atomic E-state index is 12.1. The second kappa shape index (κ2) is 7.95. The zero-order valence-corrected chi connectivity index (χ0v) is 15.8. The number of aryl methyl sites for hydroxylation is 1. The van der Waals surface area contributed by atoms with E-state index in [9.17, 15) is 16.8 Å². The molecule has 134 valence electrons. The summed E-state index contributed by atoms with van der Waals surface area (Å²) in [7, 11) is -6.71. The molecule has 0 aromatic heterocycles. The Morgan fingerprint density at radius 3 is 2.24 bits per heavy atom. The minimum atomic E-state index is -3.58. The first-order chi connectivity index (χ1) is 11.6. The minimum absolute atomic E-state index is 0.0685. The average molecular weight is 380 g/mol. The van der Waals surface area contributed by atoms with Crippen LogP contribution in [-0.2, 0) is 32.2 Å². The summed E-state index contributed by atoms with van der Waals surface area (Å²) in [6.07, 6.45) is 2.69. The maximum Gasteiger partial charge on any atom is 0.234 e. The molecule has 2 aromatic carbocycles. The van der Waals surface area contributed by atoms with Crippen molar-refractivity contribution in [2.24, 2.45) is 0 Å². The van der Waals surface area contributed by atoms with Gasteiger partial charge in [-0.2, -0.15) is 0 Å². The molecule has 0 bridgehead atoms. The predicted octanol–water partition coefficient (Wildman–Crippen LogP) is 2.63. The molecule has 0 unspecified atom stereocenters. The Kier molecular flexibility index (Phi) is 6.16. The second-order valence-corrected chi connectivity index (χ2v) is 9.76. The molecule has 25 heavy (non-hydrogen) atoms.